The van der Waals surface area contributed by atoms with Crippen LogP contribution in [0, 0.1) is 0 Å². The van der Waals surface area contributed by atoms with Crippen molar-refractivity contribution in [1.82, 2.24) is 19.8 Å². The van der Waals surface area contributed by atoms with Gasteiger partial charge in [-0.1, -0.05) is 0 Å². The summed E-state index contributed by atoms with van der Waals surface area (Å²) < 4.78 is 0. The number of aromatic nitrogens is 2. The molecule has 1 aromatic rings. The molecule has 2 aliphatic heterocycles. The lowest BCUT2D eigenvalue weighted by Crippen LogP contribution is -2.45. The molecule has 21 heavy (non-hydrogen) atoms. The van der Waals surface area contributed by atoms with Gasteiger partial charge in [-0.2, -0.15) is 0 Å². The highest BCUT2D eigenvalue weighted by molar-refractivity contribution is 5.92. The number of anilines is 1. The number of hydrogen-bond donors (Lipinski definition) is 0. The Labute approximate surface area is 125 Å². The highest BCUT2D eigenvalue weighted by Crippen LogP contribution is 2.14. The molecule has 1 aromatic heterocycles. The van der Waals surface area contributed by atoms with E-state index in [1.165, 1.54) is 6.42 Å². The van der Waals surface area contributed by atoms with Crippen LogP contribution in [0.25, 0.3) is 0 Å². The first kappa shape index (κ1) is 14.3. The molecule has 114 valence electrons. The summed E-state index contributed by atoms with van der Waals surface area (Å²) in [5.41, 5.74) is 0.467. The molecule has 0 radical (unpaired) electrons. The van der Waals surface area contributed by atoms with Crippen LogP contribution in [0.2, 0.25) is 0 Å². The van der Waals surface area contributed by atoms with Crippen molar-refractivity contribution in [2.75, 3.05) is 51.2 Å². The summed E-state index contributed by atoms with van der Waals surface area (Å²) in [6.07, 6.45) is 6.78. The van der Waals surface area contributed by atoms with E-state index in [0.29, 0.717) is 5.69 Å². The van der Waals surface area contributed by atoms with Crippen LogP contribution in [-0.2, 0) is 0 Å². The quantitative estimate of drug-likeness (QED) is 0.808. The lowest BCUT2D eigenvalue weighted by molar-refractivity contribution is 0.0718. The fraction of sp³-hybridized carbons (Fsp3) is 0.667. The van der Waals surface area contributed by atoms with E-state index in [4.69, 9.17) is 0 Å². The fourth-order valence-electron chi connectivity index (χ4n) is 2.89. The van der Waals surface area contributed by atoms with Crippen LogP contribution in [0.1, 0.15) is 29.8 Å². The van der Waals surface area contributed by atoms with E-state index in [0.717, 1.165) is 57.9 Å². The molecule has 2 fully saturated rings. The van der Waals surface area contributed by atoms with Gasteiger partial charge in [-0.15, -0.1) is 0 Å². The standard InChI is InChI=1S/C15H23N5O/c1-18-7-9-19(10-8-18)14-12-16-13(11-17-14)15(21)20-5-3-2-4-6-20/h11-12H,2-10H2,1H3. The maximum absolute atomic E-state index is 12.3. The molecule has 2 aliphatic rings. The maximum Gasteiger partial charge on any atom is 0.274 e. The minimum absolute atomic E-state index is 0.0205. The summed E-state index contributed by atoms with van der Waals surface area (Å²) in [4.78, 5) is 27.5. The van der Waals surface area contributed by atoms with Crippen LogP contribution in [0.15, 0.2) is 12.4 Å². The topological polar surface area (TPSA) is 52.6 Å². The predicted molar refractivity (Wildman–Crippen MR) is 81.5 cm³/mol. The normalized spacial score (nSPS) is 20.6. The number of likely N-dealkylation sites (tertiary alicyclic amines) is 1. The van der Waals surface area contributed by atoms with Gasteiger partial charge >= 0.3 is 0 Å². The van der Waals surface area contributed by atoms with Crippen LogP contribution in [-0.4, -0.2) is 72.0 Å². The van der Waals surface area contributed by atoms with E-state index in [1.807, 2.05) is 4.90 Å². The average molecular weight is 289 g/mol. The Balaban J connectivity index is 1.64. The number of hydrogen-bond acceptors (Lipinski definition) is 5. The molecule has 0 aliphatic carbocycles. The van der Waals surface area contributed by atoms with Crippen LogP contribution in [0.4, 0.5) is 5.82 Å². The fourth-order valence-corrected chi connectivity index (χ4v) is 2.89. The number of amides is 1. The zero-order valence-electron chi connectivity index (χ0n) is 12.7. The van der Waals surface area contributed by atoms with Gasteiger partial charge in [0.25, 0.3) is 5.91 Å². The zero-order chi connectivity index (χ0) is 14.7. The Hall–Kier alpha value is -1.69. The summed E-state index contributed by atoms with van der Waals surface area (Å²) in [6.45, 7) is 5.70. The van der Waals surface area contributed by atoms with Crippen molar-refractivity contribution >= 4 is 11.7 Å². The maximum atomic E-state index is 12.3. The van der Waals surface area contributed by atoms with Gasteiger partial charge in [0.05, 0.1) is 12.4 Å². The lowest BCUT2D eigenvalue weighted by atomic mass is 10.1. The lowest BCUT2D eigenvalue weighted by Gasteiger charge is -2.33. The van der Waals surface area contributed by atoms with Crippen molar-refractivity contribution in [3.63, 3.8) is 0 Å². The Morgan fingerprint density at radius 1 is 0.952 bits per heavy atom. The molecule has 2 saturated heterocycles. The van der Waals surface area contributed by atoms with Gasteiger partial charge in [-0.25, -0.2) is 9.97 Å². The number of carbonyl (C=O) groups excluding carboxylic acids is 1. The monoisotopic (exact) mass is 289 g/mol. The minimum Gasteiger partial charge on any atom is -0.353 e. The Morgan fingerprint density at radius 3 is 2.29 bits per heavy atom. The summed E-state index contributed by atoms with van der Waals surface area (Å²) in [7, 11) is 2.13. The van der Waals surface area contributed by atoms with Crippen molar-refractivity contribution in [2.45, 2.75) is 19.3 Å². The first-order chi connectivity index (χ1) is 10.2. The van der Waals surface area contributed by atoms with Crippen LogP contribution in [0.3, 0.4) is 0 Å². The molecule has 3 heterocycles. The molecular weight excluding hydrogens is 266 g/mol. The Kier molecular flexibility index (Phi) is 4.34. The first-order valence-corrected chi connectivity index (χ1v) is 7.79. The largest absolute Gasteiger partial charge is 0.353 e. The summed E-state index contributed by atoms with van der Waals surface area (Å²) in [5, 5.41) is 0. The third-order valence-corrected chi connectivity index (χ3v) is 4.33. The smallest absolute Gasteiger partial charge is 0.274 e. The molecule has 0 saturated carbocycles. The van der Waals surface area contributed by atoms with E-state index in [-0.39, 0.29) is 5.91 Å². The summed E-state index contributed by atoms with van der Waals surface area (Å²) in [5.74, 6) is 0.894. The Bertz CT molecular complexity index is 475. The van der Waals surface area contributed by atoms with Gasteiger partial charge in [0.15, 0.2) is 0 Å². The van der Waals surface area contributed by atoms with Gasteiger partial charge in [-0.3, -0.25) is 4.79 Å². The van der Waals surface area contributed by atoms with E-state index in [1.54, 1.807) is 12.4 Å². The van der Waals surface area contributed by atoms with Crippen LogP contribution >= 0.6 is 0 Å². The molecule has 0 bridgehead atoms. The van der Waals surface area contributed by atoms with Gasteiger partial charge in [0.2, 0.25) is 0 Å². The SMILES string of the molecule is CN1CCN(c2cnc(C(=O)N3CCCCC3)cn2)CC1. The molecule has 0 atom stereocenters. The molecule has 6 heteroatoms. The first-order valence-electron chi connectivity index (χ1n) is 7.79. The predicted octanol–water partition coefficient (Wildman–Crippen LogP) is 0.854. The van der Waals surface area contributed by atoms with Gasteiger partial charge in [0.1, 0.15) is 11.5 Å². The van der Waals surface area contributed by atoms with Crippen molar-refractivity contribution < 1.29 is 4.79 Å². The second-order valence-corrected chi connectivity index (χ2v) is 5.90. The average Bonchev–Trinajstić information content (AvgIpc) is 2.56. The second kappa shape index (κ2) is 6.39. The van der Waals surface area contributed by atoms with E-state index < -0.39 is 0 Å². The zero-order valence-corrected chi connectivity index (χ0v) is 12.7. The molecule has 1 amide bonds. The Morgan fingerprint density at radius 2 is 1.67 bits per heavy atom. The van der Waals surface area contributed by atoms with Crippen molar-refractivity contribution in [2.24, 2.45) is 0 Å². The van der Waals surface area contributed by atoms with Crippen LogP contribution in [0.5, 0.6) is 0 Å². The molecule has 6 nitrogen and oxygen atoms in total. The van der Waals surface area contributed by atoms with Crippen molar-refractivity contribution in [1.29, 1.82) is 0 Å². The number of rotatable bonds is 2. The highest BCUT2D eigenvalue weighted by Gasteiger charge is 2.20. The molecular formula is C15H23N5O. The molecule has 0 N–H and O–H groups in total. The summed E-state index contributed by atoms with van der Waals surface area (Å²) in [6, 6.07) is 0. The third-order valence-electron chi connectivity index (χ3n) is 4.33. The number of nitrogens with zero attached hydrogens (tertiary/aromatic N) is 5. The molecule has 0 aromatic carbocycles. The number of piperazine rings is 1. The van der Waals surface area contributed by atoms with Crippen molar-refractivity contribution in [3.8, 4) is 0 Å². The van der Waals surface area contributed by atoms with E-state index in [9.17, 15) is 4.79 Å². The number of carbonyl (C=O) groups is 1. The van der Waals surface area contributed by atoms with E-state index in [2.05, 4.69) is 26.8 Å². The second-order valence-electron chi connectivity index (χ2n) is 5.90. The molecule has 0 unspecified atom stereocenters. The van der Waals surface area contributed by atoms with Gasteiger partial charge in [-0.05, 0) is 26.3 Å². The molecule has 0 spiro atoms. The molecule has 3 rings (SSSR count). The number of likely N-dealkylation sites (N-methyl/N-ethyl adjacent to an activating group) is 1. The minimum atomic E-state index is 0.0205. The van der Waals surface area contributed by atoms with Crippen molar-refractivity contribution in [3.05, 3.63) is 18.1 Å². The third kappa shape index (κ3) is 3.32. The van der Waals surface area contributed by atoms with Gasteiger partial charge < -0.3 is 14.7 Å². The number of piperidine rings is 1. The highest BCUT2D eigenvalue weighted by atomic mass is 16.2. The van der Waals surface area contributed by atoms with Gasteiger partial charge in [0, 0.05) is 39.3 Å². The van der Waals surface area contributed by atoms with E-state index >= 15 is 0 Å². The summed E-state index contributed by atoms with van der Waals surface area (Å²) >= 11 is 0. The van der Waals surface area contributed by atoms with Crippen LogP contribution < -0.4 is 4.90 Å².